The van der Waals surface area contributed by atoms with E-state index >= 15 is 0 Å². The fourth-order valence-corrected chi connectivity index (χ4v) is 3.25. The molecule has 0 aliphatic carbocycles. The van der Waals surface area contributed by atoms with Gasteiger partial charge in [-0.1, -0.05) is 35.3 Å². The third-order valence-corrected chi connectivity index (χ3v) is 4.97. The maximum atomic E-state index is 13.7. The van der Waals surface area contributed by atoms with Gasteiger partial charge in [0, 0.05) is 7.05 Å². The molecule has 2 N–H and O–H groups in total. The number of aliphatic hydroxyl groups is 1. The highest BCUT2D eigenvalue weighted by atomic mass is 35.5. The number of esters is 1. The molecule has 0 spiro atoms. The highest BCUT2D eigenvalue weighted by molar-refractivity contribution is 6.42. The number of amides is 2. The first-order chi connectivity index (χ1) is 12.0. The summed E-state index contributed by atoms with van der Waals surface area (Å²) in [5.41, 5.74) is -3.86. The Morgan fingerprint density at radius 2 is 2.04 bits per heavy atom. The second-order valence-corrected chi connectivity index (χ2v) is 6.37. The van der Waals surface area contributed by atoms with E-state index < -0.39 is 35.9 Å². The monoisotopic (exact) mass is 414 g/mol. The van der Waals surface area contributed by atoms with Crippen LogP contribution in [0.25, 0.3) is 0 Å². The zero-order valence-electron chi connectivity index (χ0n) is 13.6. The van der Waals surface area contributed by atoms with E-state index in [9.17, 15) is 27.9 Å². The van der Waals surface area contributed by atoms with Crippen molar-refractivity contribution in [3.8, 4) is 0 Å². The van der Waals surface area contributed by atoms with E-state index in [0.29, 0.717) is 0 Å². The highest BCUT2D eigenvalue weighted by Gasteiger charge is 2.70. The molecular formula is C15H15Cl2F3N2O4. The molecule has 1 fully saturated rings. The molecule has 11 heteroatoms. The maximum Gasteiger partial charge on any atom is 0.437 e. The first-order valence-corrected chi connectivity index (χ1v) is 8.16. The van der Waals surface area contributed by atoms with Gasteiger partial charge < -0.3 is 15.2 Å². The lowest BCUT2D eigenvalue weighted by Gasteiger charge is -2.49. The van der Waals surface area contributed by atoms with Crippen LogP contribution in [0.3, 0.4) is 0 Å². The van der Waals surface area contributed by atoms with Gasteiger partial charge in [-0.05, 0) is 18.6 Å². The first-order valence-electron chi connectivity index (χ1n) is 7.40. The molecule has 144 valence electrons. The third-order valence-electron chi connectivity index (χ3n) is 4.14. The fraction of sp³-hybridized carbons (Fsp3) is 0.467. The number of benzene rings is 1. The van der Waals surface area contributed by atoms with E-state index in [2.05, 4.69) is 5.32 Å². The van der Waals surface area contributed by atoms with E-state index in [1.54, 1.807) is 0 Å². The van der Waals surface area contributed by atoms with Crippen LogP contribution in [0.2, 0.25) is 10.0 Å². The van der Waals surface area contributed by atoms with Gasteiger partial charge in [-0.2, -0.15) is 13.2 Å². The fourth-order valence-electron chi connectivity index (χ4n) is 2.83. The third kappa shape index (κ3) is 3.19. The first kappa shape index (κ1) is 20.6. The zero-order chi connectivity index (χ0) is 19.9. The molecule has 1 aliphatic rings. The highest BCUT2D eigenvalue weighted by Crippen LogP contribution is 2.48. The SMILES string of the molecule is CCOC(=O)[C@@H]1[C@@H](c2cccc(Cl)c2Cl)NC(=O)N(C)[C@@]1(O)C(F)(F)F. The Labute approximate surface area is 156 Å². The lowest BCUT2D eigenvalue weighted by Crippen LogP contribution is -2.73. The van der Waals surface area contributed by atoms with Gasteiger partial charge in [0.05, 0.1) is 22.7 Å². The molecule has 0 bridgehead atoms. The second kappa shape index (κ2) is 7.13. The molecule has 1 saturated heterocycles. The minimum atomic E-state index is -5.35. The molecule has 1 heterocycles. The number of carbonyl (C=O) groups excluding carboxylic acids is 2. The van der Waals surface area contributed by atoms with E-state index in [-0.39, 0.29) is 27.1 Å². The summed E-state index contributed by atoms with van der Waals surface area (Å²) in [6, 6.07) is 1.22. The van der Waals surface area contributed by atoms with Crippen molar-refractivity contribution < 1.29 is 32.6 Å². The summed E-state index contributed by atoms with van der Waals surface area (Å²) in [5, 5.41) is 12.6. The van der Waals surface area contributed by atoms with Crippen molar-refractivity contribution in [2.24, 2.45) is 5.92 Å². The van der Waals surface area contributed by atoms with Gasteiger partial charge in [0.25, 0.3) is 5.72 Å². The minimum Gasteiger partial charge on any atom is -0.466 e. The second-order valence-electron chi connectivity index (χ2n) is 5.58. The van der Waals surface area contributed by atoms with Gasteiger partial charge in [0.1, 0.15) is 5.92 Å². The summed E-state index contributed by atoms with van der Waals surface area (Å²) in [6.45, 7) is 1.17. The molecule has 0 radical (unpaired) electrons. The summed E-state index contributed by atoms with van der Waals surface area (Å²) < 4.78 is 45.9. The van der Waals surface area contributed by atoms with Crippen molar-refractivity contribution in [1.29, 1.82) is 0 Å². The van der Waals surface area contributed by atoms with Crippen molar-refractivity contribution in [1.82, 2.24) is 10.2 Å². The van der Waals surface area contributed by atoms with Gasteiger partial charge in [0.15, 0.2) is 0 Å². The summed E-state index contributed by atoms with van der Waals surface area (Å²) >= 11 is 11.9. The van der Waals surface area contributed by atoms with Crippen molar-refractivity contribution >= 4 is 35.2 Å². The lowest BCUT2D eigenvalue weighted by molar-refractivity contribution is -0.328. The molecule has 2 amide bonds. The lowest BCUT2D eigenvalue weighted by atomic mass is 9.81. The Hall–Kier alpha value is -1.71. The van der Waals surface area contributed by atoms with Crippen molar-refractivity contribution in [3.63, 3.8) is 0 Å². The van der Waals surface area contributed by atoms with Crippen LogP contribution in [0.5, 0.6) is 0 Å². The Kier molecular flexibility index (Phi) is 5.65. The van der Waals surface area contributed by atoms with Gasteiger partial charge in [0.2, 0.25) is 0 Å². The number of nitrogens with zero attached hydrogens (tertiary/aromatic N) is 1. The number of ether oxygens (including phenoxy) is 1. The average Bonchev–Trinajstić information content (AvgIpc) is 2.54. The number of nitrogens with one attached hydrogen (secondary N) is 1. The molecule has 1 aromatic rings. The predicted molar refractivity (Wildman–Crippen MR) is 86.6 cm³/mol. The van der Waals surface area contributed by atoms with Crippen LogP contribution in [-0.4, -0.2) is 47.6 Å². The topological polar surface area (TPSA) is 78.9 Å². The molecular weight excluding hydrogens is 400 g/mol. The van der Waals surface area contributed by atoms with E-state index in [1.165, 1.54) is 25.1 Å². The largest absolute Gasteiger partial charge is 0.466 e. The maximum absolute atomic E-state index is 13.7. The van der Waals surface area contributed by atoms with Crippen LogP contribution in [-0.2, 0) is 9.53 Å². The summed E-state index contributed by atoms with van der Waals surface area (Å²) in [7, 11) is 0.727. The Morgan fingerprint density at radius 3 is 2.58 bits per heavy atom. The molecule has 26 heavy (non-hydrogen) atoms. The molecule has 1 aromatic carbocycles. The van der Waals surface area contributed by atoms with E-state index in [0.717, 1.165) is 7.05 Å². The van der Waals surface area contributed by atoms with Crippen LogP contribution in [0.4, 0.5) is 18.0 Å². The van der Waals surface area contributed by atoms with Crippen LogP contribution < -0.4 is 5.32 Å². The van der Waals surface area contributed by atoms with Crippen molar-refractivity contribution in [2.45, 2.75) is 24.9 Å². The molecule has 3 atom stereocenters. The normalized spacial score (nSPS) is 26.5. The number of alkyl halides is 3. The van der Waals surface area contributed by atoms with E-state index in [4.69, 9.17) is 27.9 Å². The summed E-state index contributed by atoms with van der Waals surface area (Å²) in [5.74, 6) is -3.58. The number of halogens is 5. The van der Waals surface area contributed by atoms with Crippen LogP contribution in [0.1, 0.15) is 18.5 Å². The van der Waals surface area contributed by atoms with Crippen molar-refractivity contribution in [2.75, 3.05) is 13.7 Å². The zero-order valence-corrected chi connectivity index (χ0v) is 15.1. The molecule has 0 unspecified atom stereocenters. The number of hydrogen-bond acceptors (Lipinski definition) is 4. The summed E-state index contributed by atoms with van der Waals surface area (Å²) in [6.07, 6.45) is -5.35. The smallest absolute Gasteiger partial charge is 0.437 e. The Bertz CT molecular complexity index is 731. The molecule has 0 saturated carbocycles. The molecule has 6 nitrogen and oxygen atoms in total. The van der Waals surface area contributed by atoms with Crippen LogP contribution in [0, 0.1) is 5.92 Å². The summed E-state index contributed by atoms with van der Waals surface area (Å²) in [4.78, 5) is 24.5. The van der Waals surface area contributed by atoms with Crippen LogP contribution >= 0.6 is 23.2 Å². The predicted octanol–water partition coefficient (Wildman–Crippen LogP) is 3.12. The molecule has 1 aliphatic heterocycles. The molecule has 2 rings (SSSR count). The van der Waals surface area contributed by atoms with E-state index in [1.807, 2.05) is 0 Å². The van der Waals surface area contributed by atoms with Gasteiger partial charge >= 0.3 is 18.2 Å². The minimum absolute atomic E-state index is 0.00972. The Balaban J connectivity index is 2.71. The Morgan fingerprint density at radius 1 is 1.42 bits per heavy atom. The average molecular weight is 415 g/mol. The van der Waals surface area contributed by atoms with Crippen molar-refractivity contribution in [3.05, 3.63) is 33.8 Å². The number of carbonyl (C=O) groups is 2. The number of hydrogen-bond donors (Lipinski definition) is 2. The van der Waals surface area contributed by atoms with Gasteiger partial charge in [-0.25, -0.2) is 4.79 Å². The number of rotatable bonds is 3. The standard InChI is InChI=1S/C15H15Cl2F3N2O4/c1-3-26-12(23)9-11(7-5-4-6-8(16)10(7)17)21-13(24)22(2)14(9,25)15(18,19)20/h4-6,9,11,25H,3H2,1-2H3,(H,21,24)/t9-,11+,14-/m0/s1. The number of urea groups is 1. The van der Waals surface area contributed by atoms with Gasteiger partial charge in [-0.3, -0.25) is 9.69 Å². The van der Waals surface area contributed by atoms with Crippen LogP contribution in [0.15, 0.2) is 18.2 Å². The van der Waals surface area contributed by atoms with Gasteiger partial charge in [-0.15, -0.1) is 0 Å². The quantitative estimate of drug-likeness (QED) is 0.744. The molecule has 0 aromatic heterocycles.